The van der Waals surface area contributed by atoms with Crippen LogP contribution >= 0.6 is 0 Å². The van der Waals surface area contributed by atoms with Crippen molar-refractivity contribution in [3.8, 4) is 0 Å². The molecule has 1 aromatic carbocycles. The largest absolute Gasteiger partial charge is 0.381 e. The Kier molecular flexibility index (Phi) is 5.91. The number of rotatable bonds is 5. The van der Waals surface area contributed by atoms with E-state index in [1.54, 1.807) is 0 Å². The average molecular weight is 305 g/mol. The maximum Gasteiger partial charge on any atom is 0.241 e. The summed E-state index contributed by atoms with van der Waals surface area (Å²) in [5.41, 5.74) is 7.72. The topological polar surface area (TPSA) is 93.5 Å². The molecule has 0 spiro atoms. The van der Waals surface area contributed by atoms with Crippen LogP contribution in [0.5, 0.6) is 0 Å². The number of anilines is 1. The molecule has 0 aliphatic carbocycles. The SMILES string of the molecule is CC(=O)NCc1ccc(NC(=O)C(N)C2CCOCC2)cc1. The summed E-state index contributed by atoms with van der Waals surface area (Å²) in [4.78, 5) is 23.0. The minimum absolute atomic E-state index is 0.0696. The molecular formula is C16H23N3O3. The van der Waals surface area contributed by atoms with Crippen molar-refractivity contribution in [1.82, 2.24) is 5.32 Å². The van der Waals surface area contributed by atoms with E-state index >= 15 is 0 Å². The monoisotopic (exact) mass is 305 g/mol. The van der Waals surface area contributed by atoms with E-state index in [-0.39, 0.29) is 17.7 Å². The summed E-state index contributed by atoms with van der Waals surface area (Å²) in [7, 11) is 0. The highest BCUT2D eigenvalue weighted by atomic mass is 16.5. The van der Waals surface area contributed by atoms with Crippen molar-refractivity contribution in [2.45, 2.75) is 32.4 Å². The number of hydrogen-bond acceptors (Lipinski definition) is 4. The molecule has 1 aromatic rings. The second-order valence-electron chi connectivity index (χ2n) is 5.57. The van der Waals surface area contributed by atoms with E-state index in [4.69, 9.17) is 10.5 Å². The Morgan fingerprint density at radius 2 is 1.91 bits per heavy atom. The minimum atomic E-state index is -0.511. The second kappa shape index (κ2) is 7.91. The van der Waals surface area contributed by atoms with Gasteiger partial charge in [0.1, 0.15) is 0 Å². The van der Waals surface area contributed by atoms with Crippen molar-refractivity contribution >= 4 is 17.5 Å². The van der Waals surface area contributed by atoms with Gasteiger partial charge in [0, 0.05) is 32.4 Å². The first-order valence-electron chi connectivity index (χ1n) is 7.54. The van der Waals surface area contributed by atoms with Crippen molar-refractivity contribution in [1.29, 1.82) is 0 Å². The zero-order chi connectivity index (χ0) is 15.9. The van der Waals surface area contributed by atoms with Gasteiger partial charge in [-0.25, -0.2) is 0 Å². The minimum Gasteiger partial charge on any atom is -0.381 e. The predicted octanol–water partition coefficient (Wildman–Crippen LogP) is 1.02. The number of carbonyl (C=O) groups excluding carboxylic acids is 2. The van der Waals surface area contributed by atoms with Gasteiger partial charge in [-0.05, 0) is 36.5 Å². The van der Waals surface area contributed by atoms with Crippen LogP contribution in [0.3, 0.4) is 0 Å². The molecule has 1 heterocycles. The lowest BCUT2D eigenvalue weighted by atomic mass is 9.92. The quantitative estimate of drug-likeness (QED) is 0.757. The zero-order valence-electron chi connectivity index (χ0n) is 12.8. The fraction of sp³-hybridized carbons (Fsp3) is 0.500. The van der Waals surface area contributed by atoms with Gasteiger partial charge in [0.2, 0.25) is 11.8 Å². The maximum atomic E-state index is 12.2. The van der Waals surface area contributed by atoms with Gasteiger partial charge in [-0.15, -0.1) is 0 Å². The summed E-state index contributed by atoms with van der Waals surface area (Å²) >= 11 is 0. The molecular weight excluding hydrogens is 282 g/mol. The Bertz CT molecular complexity index is 510. The number of benzene rings is 1. The van der Waals surface area contributed by atoms with Crippen molar-refractivity contribution in [2.24, 2.45) is 11.7 Å². The Morgan fingerprint density at radius 3 is 2.50 bits per heavy atom. The third kappa shape index (κ3) is 4.82. The van der Waals surface area contributed by atoms with E-state index in [2.05, 4.69) is 10.6 Å². The third-order valence-electron chi connectivity index (χ3n) is 3.84. The molecule has 120 valence electrons. The van der Waals surface area contributed by atoms with E-state index in [0.717, 1.165) is 18.4 Å². The standard InChI is InChI=1S/C16H23N3O3/c1-11(20)18-10-12-2-4-14(5-3-12)19-16(21)15(17)13-6-8-22-9-7-13/h2-5,13,15H,6-10,17H2,1H3,(H,18,20)(H,19,21). The molecule has 1 atom stereocenters. The lowest BCUT2D eigenvalue weighted by Gasteiger charge is -2.26. The molecule has 1 fully saturated rings. The summed E-state index contributed by atoms with van der Waals surface area (Å²) in [6, 6.07) is 6.84. The summed E-state index contributed by atoms with van der Waals surface area (Å²) in [5, 5.41) is 5.56. The smallest absolute Gasteiger partial charge is 0.241 e. The maximum absolute atomic E-state index is 12.2. The van der Waals surface area contributed by atoms with Gasteiger partial charge in [-0.3, -0.25) is 9.59 Å². The first-order chi connectivity index (χ1) is 10.6. The van der Waals surface area contributed by atoms with Crippen LogP contribution in [0.2, 0.25) is 0 Å². The predicted molar refractivity (Wildman–Crippen MR) is 84.1 cm³/mol. The Hall–Kier alpha value is -1.92. The molecule has 1 aliphatic heterocycles. The molecule has 1 aliphatic rings. The molecule has 2 amide bonds. The molecule has 0 bridgehead atoms. The molecule has 2 rings (SSSR count). The van der Waals surface area contributed by atoms with Crippen LogP contribution in [-0.4, -0.2) is 31.1 Å². The molecule has 4 N–H and O–H groups in total. The van der Waals surface area contributed by atoms with E-state index in [0.29, 0.717) is 25.4 Å². The Balaban J connectivity index is 1.86. The number of hydrogen-bond donors (Lipinski definition) is 3. The first-order valence-corrected chi connectivity index (χ1v) is 7.54. The van der Waals surface area contributed by atoms with Crippen molar-refractivity contribution in [3.63, 3.8) is 0 Å². The van der Waals surface area contributed by atoms with Gasteiger partial charge >= 0.3 is 0 Å². The summed E-state index contributed by atoms with van der Waals surface area (Å²) in [5.74, 6) is -0.0610. The number of amides is 2. The van der Waals surface area contributed by atoms with E-state index in [9.17, 15) is 9.59 Å². The summed E-state index contributed by atoms with van der Waals surface area (Å²) in [6.07, 6.45) is 1.65. The average Bonchev–Trinajstić information content (AvgIpc) is 2.54. The van der Waals surface area contributed by atoms with Crippen LogP contribution < -0.4 is 16.4 Å². The van der Waals surface area contributed by atoms with Gasteiger partial charge in [0.15, 0.2) is 0 Å². The highest BCUT2D eigenvalue weighted by molar-refractivity contribution is 5.94. The van der Waals surface area contributed by atoms with Crippen LogP contribution in [0.4, 0.5) is 5.69 Å². The number of nitrogens with two attached hydrogens (primary N) is 1. The lowest BCUT2D eigenvalue weighted by molar-refractivity contribution is -0.120. The van der Waals surface area contributed by atoms with Gasteiger partial charge in [0.05, 0.1) is 6.04 Å². The molecule has 1 unspecified atom stereocenters. The number of nitrogens with one attached hydrogen (secondary N) is 2. The molecule has 0 aromatic heterocycles. The van der Waals surface area contributed by atoms with Crippen LogP contribution in [0.1, 0.15) is 25.3 Å². The van der Waals surface area contributed by atoms with Crippen LogP contribution in [0.25, 0.3) is 0 Å². The fourth-order valence-electron chi connectivity index (χ4n) is 2.45. The lowest BCUT2D eigenvalue weighted by Crippen LogP contribution is -2.44. The Labute approximate surface area is 130 Å². The number of ether oxygens (including phenoxy) is 1. The fourth-order valence-corrected chi connectivity index (χ4v) is 2.45. The highest BCUT2D eigenvalue weighted by Crippen LogP contribution is 2.19. The number of carbonyl (C=O) groups is 2. The molecule has 0 saturated carbocycles. The van der Waals surface area contributed by atoms with E-state index in [1.165, 1.54) is 6.92 Å². The van der Waals surface area contributed by atoms with Crippen molar-refractivity contribution in [3.05, 3.63) is 29.8 Å². The third-order valence-corrected chi connectivity index (χ3v) is 3.84. The van der Waals surface area contributed by atoms with Crippen LogP contribution in [-0.2, 0) is 20.9 Å². The van der Waals surface area contributed by atoms with Gasteiger partial charge in [-0.2, -0.15) is 0 Å². The van der Waals surface area contributed by atoms with E-state index in [1.807, 2.05) is 24.3 Å². The zero-order valence-corrected chi connectivity index (χ0v) is 12.8. The molecule has 0 radical (unpaired) electrons. The van der Waals surface area contributed by atoms with Gasteiger partial charge in [-0.1, -0.05) is 12.1 Å². The molecule has 1 saturated heterocycles. The molecule has 6 heteroatoms. The normalized spacial score (nSPS) is 16.8. The van der Waals surface area contributed by atoms with Crippen LogP contribution in [0.15, 0.2) is 24.3 Å². The van der Waals surface area contributed by atoms with Gasteiger partial charge < -0.3 is 21.1 Å². The molecule has 6 nitrogen and oxygen atoms in total. The summed E-state index contributed by atoms with van der Waals surface area (Å²) in [6.45, 7) is 3.30. The summed E-state index contributed by atoms with van der Waals surface area (Å²) < 4.78 is 5.28. The Morgan fingerprint density at radius 1 is 1.27 bits per heavy atom. The van der Waals surface area contributed by atoms with Crippen LogP contribution in [0, 0.1) is 5.92 Å². The molecule has 22 heavy (non-hydrogen) atoms. The highest BCUT2D eigenvalue weighted by Gasteiger charge is 2.26. The van der Waals surface area contributed by atoms with E-state index < -0.39 is 6.04 Å². The van der Waals surface area contributed by atoms with Crippen molar-refractivity contribution in [2.75, 3.05) is 18.5 Å². The first kappa shape index (κ1) is 16.5. The van der Waals surface area contributed by atoms with Crippen molar-refractivity contribution < 1.29 is 14.3 Å². The van der Waals surface area contributed by atoms with Gasteiger partial charge in [0.25, 0.3) is 0 Å². The second-order valence-corrected chi connectivity index (χ2v) is 5.57.